The lowest BCUT2D eigenvalue weighted by molar-refractivity contribution is 0.208. The molecule has 1 atom stereocenters. The summed E-state index contributed by atoms with van der Waals surface area (Å²) < 4.78 is 13.1. The molecule has 1 aromatic rings. The highest BCUT2D eigenvalue weighted by molar-refractivity contribution is 5.26. The lowest BCUT2D eigenvalue weighted by atomic mass is 9.87. The average molecular weight is 278 g/mol. The predicted octanol–water partition coefficient (Wildman–Crippen LogP) is 3.68. The molecule has 1 aromatic carbocycles. The molecule has 2 nitrogen and oxygen atoms in total. The zero-order chi connectivity index (χ0) is 15.0. The lowest BCUT2D eigenvalue weighted by Gasteiger charge is -2.35. The van der Waals surface area contributed by atoms with Gasteiger partial charge in [-0.2, -0.15) is 0 Å². The maximum absolute atomic E-state index is 13.1. The third-order valence-electron chi connectivity index (χ3n) is 3.51. The van der Waals surface area contributed by atoms with E-state index in [9.17, 15) is 4.39 Å². The second-order valence-electron chi connectivity index (χ2n) is 5.43. The van der Waals surface area contributed by atoms with E-state index >= 15 is 0 Å². The van der Waals surface area contributed by atoms with Crippen molar-refractivity contribution in [3.8, 4) is 0 Å². The number of hydrogen-bond donors (Lipinski definition) is 1. The Morgan fingerprint density at radius 2 is 1.75 bits per heavy atom. The van der Waals surface area contributed by atoms with Gasteiger partial charge in [0.2, 0.25) is 0 Å². The minimum absolute atomic E-state index is 0.228. The first-order valence-corrected chi connectivity index (χ1v) is 7.44. The van der Waals surface area contributed by atoms with E-state index in [4.69, 9.17) is 5.73 Å². The number of nitrogens with two attached hydrogens (primary N) is 1. The van der Waals surface area contributed by atoms with Gasteiger partial charge in [0.05, 0.1) is 5.54 Å². The zero-order valence-corrected chi connectivity index (χ0v) is 12.7. The molecule has 0 aromatic heterocycles. The molecule has 1 unspecified atom stereocenters. The van der Waals surface area contributed by atoms with Crippen molar-refractivity contribution in [3.05, 3.63) is 48.3 Å². The summed E-state index contributed by atoms with van der Waals surface area (Å²) in [5.74, 6) is -0.228. The highest BCUT2D eigenvalue weighted by Crippen LogP contribution is 2.24. The van der Waals surface area contributed by atoms with Crippen molar-refractivity contribution in [1.29, 1.82) is 0 Å². The Morgan fingerprint density at radius 1 is 1.20 bits per heavy atom. The molecule has 0 radical (unpaired) electrons. The molecule has 0 amide bonds. The third kappa shape index (κ3) is 4.73. The van der Waals surface area contributed by atoms with Crippen LogP contribution in [0.3, 0.4) is 0 Å². The van der Waals surface area contributed by atoms with Gasteiger partial charge in [-0.25, -0.2) is 4.39 Å². The first kappa shape index (κ1) is 16.9. The standard InChI is InChI=1S/C17H27FN2/c1-4-11-17(19,14-20(12-5-2)13-6-3)15-7-9-16(18)10-8-15/h4,7-10H,1,5-6,11-14,19H2,2-3H3. The maximum atomic E-state index is 13.1. The van der Waals surface area contributed by atoms with Gasteiger partial charge in [0.15, 0.2) is 0 Å². The van der Waals surface area contributed by atoms with Gasteiger partial charge >= 0.3 is 0 Å². The average Bonchev–Trinajstić information content (AvgIpc) is 2.40. The Hall–Kier alpha value is -1.19. The van der Waals surface area contributed by atoms with Crippen molar-refractivity contribution in [2.75, 3.05) is 19.6 Å². The molecule has 0 heterocycles. The SMILES string of the molecule is C=CCC(N)(CN(CCC)CCC)c1ccc(F)cc1. The van der Waals surface area contributed by atoms with Crippen LogP contribution in [-0.2, 0) is 5.54 Å². The van der Waals surface area contributed by atoms with E-state index in [0.29, 0.717) is 6.42 Å². The van der Waals surface area contributed by atoms with Crippen molar-refractivity contribution in [2.24, 2.45) is 5.73 Å². The van der Waals surface area contributed by atoms with Crippen molar-refractivity contribution >= 4 is 0 Å². The minimum atomic E-state index is -0.500. The number of hydrogen-bond acceptors (Lipinski definition) is 2. The fraction of sp³-hybridized carbons (Fsp3) is 0.529. The fourth-order valence-corrected chi connectivity index (χ4v) is 2.61. The van der Waals surface area contributed by atoms with Gasteiger partial charge in [0, 0.05) is 6.54 Å². The largest absolute Gasteiger partial charge is 0.320 e. The summed E-state index contributed by atoms with van der Waals surface area (Å²) in [6.07, 6.45) is 4.74. The van der Waals surface area contributed by atoms with Crippen LogP contribution in [0.5, 0.6) is 0 Å². The second-order valence-corrected chi connectivity index (χ2v) is 5.43. The normalized spacial score (nSPS) is 14.2. The molecule has 112 valence electrons. The lowest BCUT2D eigenvalue weighted by Crippen LogP contribution is -2.48. The summed E-state index contributed by atoms with van der Waals surface area (Å²) in [6, 6.07) is 6.53. The second kappa shape index (κ2) is 8.18. The van der Waals surface area contributed by atoms with Crippen LogP contribution >= 0.6 is 0 Å². The van der Waals surface area contributed by atoms with Crippen LogP contribution in [0.1, 0.15) is 38.7 Å². The van der Waals surface area contributed by atoms with E-state index < -0.39 is 5.54 Å². The number of halogens is 1. The van der Waals surface area contributed by atoms with E-state index in [1.807, 2.05) is 6.08 Å². The molecule has 0 fully saturated rings. The Morgan fingerprint density at radius 3 is 2.20 bits per heavy atom. The van der Waals surface area contributed by atoms with E-state index in [1.54, 1.807) is 12.1 Å². The van der Waals surface area contributed by atoms with Crippen LogP contribution in [0.25, 0.3) is 0 Å². The summed E-state index contributed by atoms with van der Waals surface area (Å²) in [4.78, 5) is 2.38. The molecule has 3 heteroatoms. The molecule has 0 aliphatic rings. The highest BCUT2D eigenvalue weighted by Gasteiger charge is 2.28. The maximum Gasteiger partial charge on any atom is 0.123 e. The fourth-order valence-electron chi connectivity index (χ4n) is 2.61. The predicted molar refractivity (Wildman–Crippen MR) is 84.1 cm³/mol. The molecular weight excluding hydrogens is 251 g/mol. The topological polar surface area (TPSA) is 29.3 Å². The molecule has 0 bridgehead atoms. The van der Waals surface area contributed by atoms with Gasteiger partial charge < -0.3 is 10.6 Å². The Labute approximate surface area is 122 Å². The molecule has 0 aliphatic carbocycles. The Bertz CT molecular complexity index is 396. The monoisotopic (exact) mass is 278 g/mol. The van der Waals surface area contributed by atoms with Crippen molar-refractivity contribution in [3.63, 3.8) is 0 Å². The van der Waals surface area contributed by atoms with Gasteiger partial charge in [0.1, 0.15) is 5.82 Å². The number of nitrogens with zero attached hydrogens (tertiary/aromatic N) is 1. The van der Waals surface area contributed by atoms with Crippen LogP contribution in [0.4, 0.5) is 4.39 Å². The van der Waals surface area contributed by atoms with E-state index in [-0.39, 0.29) is 5.82 Å². The summed E-state index contributed by atoms with van der Waals surface area (Å²) in [5, 5.41) is 0. The molecule has 2 N–H and O–H groups in total. The first-order chi connectivity index (χ1) is 9.55. The van der Waals surface area contributed by atoms with E-state index in [1.165, 1.54) is 12.1 Å². The van der Waals surface area contributed by atoms with Crippen LogP contribution < -0.4 is 5.73 Å². The molecule has 0 saturated carbocycles. The van der Waals surface area contributed by atoms with Crippen LogP contribution in [-0.4, -0.2) is 24.5 Å². The van der Waals surface area contributed by atoms with Gasteiger partial charge in [-0.3, -0.25) is 0 Å². The van der Waals surface area contributed by atoms with Gasteiger partial charge in [-0.1, -0.05) is 32.1 Å². The van der Waals surface area contributed by atoms with Gasteiger partial charge in [-0.15, -0.1) is 6.58 Å². The highest BCUT2D eigenvalue weighted by atomic mass is 19.1. The molecule has 1 rings (SSSR count). The number of benzene rings is 1. The van der Waals surface area contributed by atoms with Crippen molar-refractivity contribution in [2.45, 2.75) is 38.6 Å². The number of rotatable bonds is 9. The Kier molecular flexibility index (Phi) is 6.89. The Balaban J connectivity index is 2.94. The molecule has 20 heavy (non-hydrogen) atoms. The van der Waals surface area contributed by atoms with E-state index in [0.717, 1.165) is 38.0 Å². The minimum Gasteiger partial charge on any atom is -0.320 e. The molecule has 0 spiro atoms. The molecule has 0 aliphatic heterocycles. The smallest absolute Gasteiger partial charge is 0.123 e. The van der Waals surface area contributed by atoms with Crippen molar-refractivity contribution < 1.29 is 4.39 Å². The summed E-state index contributed by atoms with van der Waals surface area (Å²) >= 11 is 0. The van der Waals surface area contributed by atoms with Crippen LogP contribution in [0, 0.1) is 5.82 Å². The summed E-state index contributed by atoms with van der Waals surface area (Å²) in [5.41, 5.74) is 7.07. The summed E-state index contributed by atoms with van der Waals surface area (Å²) in [6.45, 7) is 11.0. The van der Waals surface area contributed by atoms with E-state index in [2.05, 4.69) is 25.3 Å². The van der Waals surface area contributed by atoms with Gasteiger partial charge in [0.25, 0.3) is 0 Å². The summed E-state index contributed by atoms with van der Waals surface area (Å²) in [7, 11) is 0. The third-order valence-corrected chi connectivity index (χ3v) is 3.51. The zero-order valence-electron chi connectivity index (χ0n) is 12.7. The molecular formula is C17H27FN2. The first-order valence-electron chi connectivity index (χ1n) is 7.44. The van der Waals surface area contributed by atoms with Crippen LogP contribution in [0.15, 0.2) is 36.9 Å². The molecule has 0 saturated heterocycles. The van der Waals surface area contributed by atoms with Gasteiger partial charge in [-0.05, 0) is 50.0 Å². The van der Waals surface area contributed by atoms with Crippen LogP contribution in [0.2, 0.25) is 0 Å². The van der Waals surface area contributed by atoms with Crippen molar-refractivity contribution in [1.82, 2.24) is 4.90 Å². The quantitative estimate of drug-likeness (QED) is 0.698.